The van der Waals surface area contributed by atoms with Crippen molar-refractivity contribution in [2.75, 3.05) is 20.8 Å². The Balaban J connectivity index is 2.00. The van der Waals surface area contributed by atoms with E-state index < -0.39 is 11.9 Å². The van der Waals surface area contributed by atoms with Gasteiger partial charge in [-0.2, -0.15) is 0 Å². The first-order valence-electron chi connectivity index (χ1n) is 8.18. The van der Waals surface area contributed by atoms with Crippen LogP contribution in [0.25, 0.3) is 0 Å². The highest BCUT2D eigenvalue weighted by molar-refractivity contribution is 5.78. The van der Waals surface area contributed by atoms with E-state index in [0.717, 1.165) is 12.0 Å². The number of carbonyl (C=O) groups is 2. The van der Waals surface area contributed by atoms with Crippen molar-refractivity contribution in [2.24, 2.45) is 5.92 Å². The number of benzene rings is 1. The maximum absolute atomic E-state index is 12.5. The van der Waals surface area contributed by atoms with Crippen LogP contribution in [0.4, 0.5) is 0 Å². The smallest absolute Gasteiger partial charge is 0.308 e. The summed E-state index contributed by atoms with van der Waals surface area (Å²) in [6, 6.07) is 5.65. The van der Waals surface area contributed by atoms with Gasteiger partial charge in [-0.15, -0.1) is 0 Å². The third kappa shape index (κ3) is 4.40. The molecule has 1 aliphatic heterocycles. The molecule has 0 bridgehead atoms. The zero-order valence-corrected chi connectivity index (χ0v) is 14.4. The molecular formula is C18H25NO5. The fraction of sp³-hybridized carbons (Fsp3) is 0.556. The molecule has 0 saturated carbocycles. The lowest BCUT2D eigenvalue weighted by Gasteiger charge is -2.36. The Morgan fingerprint density at radius 3 is 2.33 bits per heavy atom. The van der Waals surface area contributed by atoms with Crippen LogP contribution in [0.3, 0.4) is 0 Å². The van der Waals surface area contributed by atoms with Crippen molar-refractivity contribution in [3.05, 3.63) is 23.8 Å². The average Bonchev–Trinajstić information content (AvgIpc) is 2.59. The minimum atomic E-state index is -0.822. The van der Waals surface area contributed by atoms with E-state index in [2.05, 4.69) is 0 Å². The van der Waals surface area contributed by atoms with Crippen LogP contribution >= 0.6 is 0 Å². The summed E-state index contributed by atoms with van der Waals surface area (Å²) < 4.78 is 10.5. The number of nitrogens with zero attached hydrogens (tertiary/aromatic N) is 1. The number of rotatable bonds is 6. The van der Waals surface area contributed by atoms with Crippen LogP contribution in [0.5, 0.6) is 11.5 Å². The highest BCUT2D eigenvalue weighted by atomic mass is 16.5. The van der Waals surface area contributed by atoms with E-state index in [-0.39, 0.29) is 11.9 Å². The van der Waals surface area contributed by atoms with E-state index in [9.17, 15) is 14.7 Å². The fourth-order valence-corrected chi connectivity index (χ4v) is 3.06. The number of aliphatic carboxylic acids is 1. The van der Waals surface area contributed by atoms with E-state index in [4.69, 9.17) is 9.47 Å². The molecular weight excluding hydrogens is 310 g/mol. The molecule has 1 amide bonds. The van der Waals surface area contributed by atoms with Gasteiger partial charge >= 0.3 is 5.97 Å². The highest BCUT2D eigenvalue weighted by Crippen LogP contribution is 2.25. The molecule has 0 radical (unpaired) electrons. The number of ether oxygens (including phenoxy) is 2. The van der Waals surface area contributed by atoms with Crippen LogP contribution in [-0.2, 0) is 16.0 Å². The SMILES string of the molecule is COc1cc(CCC(=O)N2CC(C(=O)O)CCC2C)cc(OC)c1. The van der Waals surface area contributed by atoms with Crippen molar-refractivity contribution in [3.8, 4) is 11.5 Å². The predicted octanol–water partition coefficient (Wildman–Crippen LogP) is 2.35. The van der Waals surface area contributed by atoms with Gasteiger partial charge in [-0.1, -0.05) is 0 Å². The van der Waals surface area contributed by atoms with Gasteiger partial charge in [0.05, 0.1) is 20.1 Å². The van der Waals surface area contributed by atoms with Crippen molar-refractivity contribution in [2.45, 2.75) is 38.6 Å². The number of aryl methyl sites for hydroxylation is 1. The molecule has 0 aliphatic carbocycles. The van der Waals surface area contributed by atoms with E-state index >= 15 is 0 Å². The second-order valence-corrected chi connectivity index (χ2v) is 6.23. The normalized spacial score (nSPS) is 20.5. The maximum Gasteiger partial charge on any atom is 0.308 e. The Kier molecular flexibility index (Phi) is 6.06. The van der Waals surface area contributed by atoms with Crippen molar-refractivity contribution in [3.63, 3.8) is 0 Å². The number of likely N-dealkylation sites (tertiary alicyclic amines) is 1. The van der Waals surface area contributed by atoms with Crippen LogP contribution in [0, 0.1) is 5.92 Å². The molecule has 24 heavy (non-hydrogen) atoms. The first-order valence-corrected chi connectivity index (χ1v) is 8.18. The van der Waals surface area contributed by atoms with Crippen LogP contribution in [0.1, 0.15) is 31.7 Å². The second-order valence-electron chi connectivity index (χ2n) is 6.23. The molecule has 1 saturated heterocycles. The van der Waals surface area contributed by atoms with Gasteiger partial charge in [-0.25, -0.2) is 0 Å². The van der Waals surface area contributed by atoms with Gasteiger partial charge in [0, 0.05) is 25.1 Å². The summed E-state index contributed by atoms with van der Waals surface area (Å²) in [5.74, 6) is 0.0951. The highest BCUT2D eigenvalue weighted by Gasteiger charge is 2.32. The van der Waals surface area contributed by atoms with Gasteiger partial charge in [0.15, 0.2) is 0 Å². The Hall–Kier alpha value is -2.24. The molecule has 0 spiro atoms. The summed E-state index contributed by atoms with van der Waals surface area (Å²) in [6.07, 6.45) is 2.27. The van der Waals surface area contributed by atoms with Gasteiger partial charge < -0.3 is 19.5 Å². The van der Waals surface area contributed by atoms with Gasteiger partial charge in [-0.3, -0.25) is 9.59 Å². The Bertz CT molecular complexity index is 579. The van der Waals surface area contributed by atoms with Crippen LogP contribution in [0.15, 0.2) is 18.2 Å². The Morgan fingerprint density at radius 2 is 1.79 bits per heavy atom. The lowest BCUT2D eigenvalue weighted by atomic mass is 9.93. The Labute approximate surface area is 142 Å². The molecule has 1 heterocycles. The Morgan fingerprint density at radius 1 is 1.17 bits per heavy atom. The topological polar surface area (TPSA) is 76.1 Å². The monoisotopic (exact) mass is 335 g/mol. The van der Waals surface area contributed by atoms with E-state index in [1.807, 2.05) is 19.1 Å². The summed E-state index contributed by atoms with van der Waals surface area (Å²) in [5.41, 5.74) is 0.957. The number of hydrogen-bond donors (Lipinski definition) is 1. The van der Waals surface area contributed by atoms with Gasteiger partial charge in [0.2, 0.25) is 5.91 Å². The number of carboxylic acid groups (broad SMARTS) is 1. The molecule has 2 rings (SSSR count). The standard InChI is InChI=1S/C18H25NO5/c1-12-4-6-14(18(21)22)11-19(12)17(20)7-5-13-8-15(23-2)10-16(9-13)24-3/h8-10,12,14H,4-7,11H2,1-3H3,(H,21,22). The summed E-state index contributed by atoms with van der Waals surface area (Å²) in [5, 5.41) is 9.18. The van der Waals surface area contributed by atoms with Crippen molar-refractivity contribution >= 4 is 11.9 Å². The number of amides is 1. The summed E-state index contributed by atoms with van der Waals surface area (Å²) in [7, 11) is 3.18. The molecule has 1 fully saturated rings. The third-order valence-electron chi connectivity index (χ3n) is 4.59. The first kappa shape index (κ1) is 18.1. The van der Waals surface area contributed by atoms with Crippen LogP contribution in [-0.4, -0.2) is 48.7 Å². The van der Waals surface area contributed by atoms with Gasteiger partial charge in [0.1, 0.15) is 11.5 Å². The lowest BCUT2D eigenvalue weighted by Crippen LogP contribution is -2.47. The molecule has 0 aromatic heterocycles. The molecule has 132 valence electrons. The van der Waals surface area contributed by atoms with Gasteiger partial charge in [0.25, 0.3) is 0 Å². The third-order valence-corrected chi connectivity index (χ3v) is 4.59. The predicted molar refractivity (Wildman–Crippen MR) is 89.4 cm³/mol. The first-order chi connectivity index (χ1) is 11.4. The number of hydrogen-bond acceptors (Lipinski definition) is 4. The summed E-state index contributed by atoms with van der Waals surface area (Å²) in [6.45, 7) is 2.28. The summed E-state index contributed by atoms with van der Waals surface area (Å²) in [4.78, 5) is 25.4. The molecule has 6 nitrogen and oxygen atoms in total. The number of carbonyl (C=O) groups excluding carboxylic acids is 1. The minimum Gasteiger partial charge on any atom is -0.497 e. The molecule has 2 unspecified atom stereocenters. The minimum absolute atomic E-state index is 0.00441. The molecule has 2 atom stereocenters. The molecule has 1 aromatic carbocycles. The fourth-order valence-electron chi connectivity index (χ4n) is 3.06. The van der Waals surface area contributed by atoms with Crippen LogP contribution < -0.4 is 9.47 Å². The van der Waals surface area contributed by atoms with E-state index in [1.165, 1.54) is 0 Å². The second kappa shape index (κ2) is 8.04. The maximum atomic E-state index is 12.5. The quantitative estimate of drug-likeness (QED) is 0.863. The van der Waals surface area contributed by atoms with E-state index in [0.29, 0.717) is 37.3 Å². The summed E-state index contributed by atoms with van der Waals surface area (Å²) >= 11 is 0. The van der Waals surface area contributed by atoms with Crippen molar-refractivity contribution < 1.29 is 24.2 Å². The number of carboxylic acids is 1. The number of piperidine rings is 1. The average molecular weight is 335 g/mol. The molecule has 6 heteroatoms. The van der Waals surface area contributed by atoms with Gasteiger partial charge in [-0.05, 0) is 43.9 Å². The van der Waals surface area contributed by atoms with Crippen molar-refractivity contribution in [1.82, 2.24) is 4.90 Å². The molecule has 1 aliphatic rings. The van der Waals surface area contributed by atoms with E-state index in [1.54, 1.807) is 25.2 Å². The van der Waals surface area contributed by atoms with Crippen LogP contribution in [0.2, 0.25) is 0 Å². The molecule has 1 N–H and O–H groups in total. The zero-order valence-electron chi connectivity index (χ0n) is 14.4. The number of methoxy groups -OCH3 is 2. The lowest BCUT2D eigenvalue weighted by molar-refractivity contribution is -0.147. The largest absolute Gasteiger partial charge is 0.497 e. The zero-order chi connectivity index (χ0) is 17.7. The molecule has 1 aromatic rings. The van der Waals surface area contributed by atoms with Crippen molar-refractivity contribution in [1.29, 1.82) is 0 Å².